The number of ether oxygens (including phenoxy) is 1. The second kappa shape index (κ2) is 9.24. The summed E-state index contributed by atoms with van der Waals surface area (Å²) in [5.74, 6) is 0.649. The Morgan fingerprint density at radius 2 is 2.15 bits per heavy atom. The second-order valence-electron chi connectivity index (χ2n) is 8.00. The van der Waals surface area contributed by atoms with E-state index in [4.69, 9.17) is 4.74 Å². The van der Waals surface area contributed by atoms with E-state index in [1.165, 1.54) is 0 Å². The largest absolute Gasteiger partial charge is 0.495 e. The Kier molecular flexibility index (Phi) is 7.29. The third kappa shape index (κ3) is 6.18. The molecule has 1 heterocycles. The molecular formula is C20H33N3O3. The number of β-amino-alcohol motifs (C(OH)–C–C–N with tert-alkyl or cyclic N) is 1. The number of hydrogen-bond donors (Lipinski definition) is 3. The van der Waals surface area contributed by atoms with Gasteiger partial charge in [0.05, 0.1) is 18.9 Å². The number of rotatable bonds is 6. The molecule has 0 aromatic heterocycles. The molecular weight excluding hydrogens is 330 g/mol. The number of anilines is 1. The van der Waals surface area contributed by atoms with Crippen LogP contribution in [0, 0.1) is 0 Å². The van der Waals surface area contributed by atoms with Gasteiger partial charge in [-0.25, -0.2) is 4.79 Å². The predicted octanol–water partition coefficient (Wildman–Crippen LogP) is 2.96. The molecule has 1 aromatic carbocycles. The van der Waals surface area contributed by atoms with E-state index in [9.17, 15) is 9.90 Å². The Morgan fingerprint density at radius 1 is 1.38 bits per heavy atom. The van der Waals surface area contributed by atoms with E-state index in [1.54, 1.807) is 7.11 Å². The molecule has 1 aliphatic heterocycles. The Hall–Kier alpha value is -1.79. The Labute approximate surface area is 156 Å². The fraction of sp³-hybridized carbons (Fsp3) is 0.650. The van der Waals surface area contributed by atoms with Gasteiger partial charge in [-0.1, -0.05) is 26.8 Å². The first-order valence-electron chi connectivity index (χ1n) is 9.43. The summed E-state index contributed by atoms with van der Waals surface area (Å²) in [6.45, 7) is 9.66. The molecule has 6 heteroatoms. The first kappa shape index (κ1) is 20.5. The van der Waals surface area contributed by atoms with Crippen molar-refractivity contribution in [3.05, 3.63) is 23.8 Å². The summed E-state index contributed by atoms with van der Waals surface area (Å²) >= 11 is 0. The van der Waals surface area contributed by atoms with Crippen LogP contribution in [0.3, 0.4) is 0 Å². The number of nitrogens with zero attached hydrogens (tertiary/aromatic N) is 1. The van der Waals surface area contributed by atoms with E-state index in [-0.39, 0.29) is 17.6 Å². The molecule has 2 rings (SSSR count). The molecule has 0 saturated carbocycles. The zero-order valence-electron chi connectivity index (χ0n) is 16.5. The maximum atomic E-state index is 12.2. The van der Waals surface area contributed by atoms with Crippen LogP contribution in [0.2, 0.25) is 0 Å². The van der Waals surface area contributed by atoms with Crippen LogP contribution in [-0.2, 0) is 5.41 Å². The third-order valence-corrected chi connectivity index (χ3v) is 4.73. The summed E-state index contributed by atoms with van der Waals surface area (Å²) in [6, 6.07) is 5.65. The van der Waals surface area contributed by atoms with Crippen molar-refractivity contribution in [1.82, 2.24) is 10.2 Å². The zero-order valence-corrected chi connectivity index (χ0v) is 16.5. The van der Waals surface area contributed by atoms with Crippen molar-refractivity contribution in [2.45, 2.75) is 51.6 Å². The number of urea groups is 1. The van der Waals surface area contributed by atoms with E-state index in [2.05, 4.69) is 36.3 Å². The maximum absolute atomic E-state index is 12.2. The molecule has 0 unspecified atom stereocenters. The third-order valence-electron chi connectivity index (χ3n) is 4.73. The summed E-state index contributed by atoms with van der Waals surface area (Å²) < 4.78 is 5.36. The van der Waals surface area contributed by atoms with Gasteiger partial charge in [0.2, 0.25) is 0 Å². The van der Waals surface area contributed by atoms with E-state index < -0.39 is 0 Å². The van der Waals surface area contributed by atoms with Crippen LogP contribution in [0.25, 0.3) is 0 Å². The summed E-state index contributed by atoms with van der Waals surface area (Å²) in [4.78, 5) is 14.5. The van der Waals surface area contributed by atoms with Crippen molar-refractivity contribution >= 4 is 11.7 Å². The topological polar surface area (TPSA) is 73.8 Å². The summed E-state index contributed by atoms with van der Waals surface area (Å²) in [5, 5.41) is 15.5. The highest BCUT2D eigenvalue weighted by molar-refractivity contribution is 5.91. The number of aliphatic hydroxyl groups excluding tert-OH is 1. The van der Waals surface area contributed by atoms with Crippen molar-refractivity contribution in [2.75, 3.05) is 38.6 Å². The summed E-state index contributed by atoms with van der Waals surface area (Å²) in [7, 11) is 1.60. The first-order valence-corrected chi connectivity index (χ1v) is 9.43. The van der Waals surface area contributed by atoms with Gasteiger partial charge < -0.3 is 25.4 Å². The molecule has 1 aliphatic rings. The van der Waals surface area contributed by atoms with Gasteiger partial charge in [-0.3, -0.25) is 0 Å². The highest BCUT2D eigenvalue weighted by Gasteiger charge is 2.18. The Morgan fingerprint density at radius 3 is 2.81 bits per heavy atom. The SMILES string of the molecule is COc1ccc(C(C)(C)C)cc1NC(=O)NCCCN1CCC[C@H](O)C1. The lowest BCUT2D eigenvalue weighted by molar-refractivity contribution is 0.0703. The van der Waals surface area contributed by atoms with Gasteiger partial charge in [0.1, 0.15) is 5.75 Å². The van der Waals surface area contributed by atoms with Crippen LogP contribution in [0.5, 0.6) is 5.75 Å². The molecule has 0 aliphatic carbocycles. The van der Waals surface area contributed by atoms with Crippen LogP contribution < -0.4 is 15.4 Å². The molecule has 6 nitrogen and oxygen atoms in total. The normalized spacial score (nSPS) is 18.4. The van der Waals surface area contributed by atoms with Crippen LogP contribution >= 0.6 is 0 Å². The number of aliphatic hydroxyl groups is 1. The molecule has 2 amide bonds. The molecule has 3 N–H and O–H groups in total. The number of hydrogen-bond acceptors (Lipinski definition) is 4. The monoisotopic (exact) mass is 363 g/mol. The minimum Gasteiger partial charge on any atom is -0.495 e. The number of carbonyl (C=O) groups is 1. The molecule has 1 aromatic rings. The van der Waals surface area contributed by atoms with Gasteiger partial charge in [-0.05, 0) is 55.5 Å². The van der Waals surface area contributed by atoms with E-state index >= 15 is 0 Å². The van der Waals surface area contributed by atoms with Crippen molar-refractivity contribution in [3.8, 4) is 5.75 Å². The molecule has 26 heavy (non-hydrogen) atoms. The van der Waals surface area contributed by atoms with Crippen LogP contribution in [0.15, 0.2) is 18.2 Å². The van der Waals surface area contributed by atoms with Gasteiger partial charge in [0.15, 0.2) is 0 Å². The lowest BCUT2D eigenvalue weighted by Crippen LogP contribution is -2.40. The van der Waals surface area contributed by atoms with E-state index in [0.29, 0.717) is 18.0 Å². The minimum absolute atomic E-state index is 0.00180. The van der Waals surface area contributed by atoms with Crippen molar-refractivity contribution in [1.29, 1.82) is 0 Å². The molecule has 1 fully saturated rings. The van der Waals surface area contributed by atoms with Gasteiger partial charge >= 0.3 is 6.03 Å². The fourth-order valence-corrected chi connectivity index (χ4v) is 3.18. The van der Waals surface area contributed by atoms with Gasteiger partial charge in [-0.2, -0.15) is 0 Å². The van der Waals surface area contributed by atoms with Crippen molar-refractivity contribution in [2.24, 2.45) is 0 Å². The quantitative estimate of drug-likeness (QED) is 0.680. The number of likely N-dealkylation sites (tertiary alicyclic amines) is 1. The fourth-order valence-electron chi connectivity index (χ4n) is 3.18. The highest BCUT2D eigenvalue weighted by Crippen LogP contribution is 2.31. The standard InChI is InChI=1S/C20H33N3O3/c1-20(2,3)15-8-9-18(26-4)17(13-15)22-19(25)21-10-6-12-23-11-5-7-16(24)14-23/h8-9,13,16,24H,5-7,10-12,14H2,1-4H3,(H2,21,22,25)/t16-/m0/s1. The van der Waals surface area contributed by atoms with Crippen LogP contribution in [0.1, 0.15) is 45.6 Å². The average Bonchev–Trinajstić information content (AvgIpc) is 2.58. The Bertz CT molecular complexity index is 598. The summed E-state index contributed by atoms with van der Waals surface area (Å²) in [5.41, 5.74) is 1.81. The van der Waals surface area contributed by atoms with E-state index in [1.807, 2.05) is 18.2 Å². The summed E-state index contributed by atoms with van der Waals surface area (Å²) in [6.07, 6.45) is 2.59. The van der Waals surface area contributed by atoms with Crippen molar-refractivity contribution in [3.63, 3.8) is 0 Å². The molecule has 146 valence electrons. The Balaban J connectivity index is 1.81. The molecule has 0 bridgehead atoms. The van der Waals surface area contributed by atoms with Gasteiger partial charge in [0, 0.05) is 13.1 Å². The lowest BCUT2D eigenvalue weighted by atomic mass is 9.87. The number of carbonyl (C=O) groups excluding carboxylic acids is 1. The van der Waals surface area contributed by atoms with Crippen molar-refractivity contribution < 1.29 is 14.6 Å². The number of nitrogens with one attached hydrogen (secondary N) is 2. The maximum Gasteiger partial charge on any atom is 0.319 e. The number of amides is 2. The van der Waals surface area contributed by atoms with Crippen LogP contribution in [0.4, 0.5) is 10.5 Å². The average molecular weight is 364 g/mol. The smallest absolute Gasteiger partial charge is 0.319 e. The molecule has 1 saturated heterocycles. The van der Waals surface area contributed by atoms with Crippen LogP contribution in [-0.4, -0.2) is 55.4 Å². The number of methoxy groups -OCH3 is 1. The zero-order chi connectivity index (χ0) is 19.2. The molecule has 0 spiro atoms. The molecule has 0 radical (unpaired) electrons. The lowest BCUT2D eigenvalue weighted by Gasteiger charge is -2.29. The first-order chi connectivity index (χ1) is 12.3. The van der Waals surface area contributed by atoms with E-state index in [0.717, 1.165) is 44.5 Å². The minimum atomic E-state index is -0.229. The van der Waals surface area contributed by atoms with Gasteiger partial charge in [-0.15, -0.1) is 0 Å². The number of piperidine rings is 1. The highest BCUT2D eigenvalue weighted by atomic mass is 16.5. The van der Waals surface area contributed by atoms with Gasteiger partial charge in [0.25, 0.3) is 0 Å². The predicted molar refractivity (Wildman–Crippen MR) is 105 cm³/mol. The number of benzene rings is 1. The molecule has 1 atom stereocenters. The second-order valence-corrected chi connectivity index (χ2v) is 8.00.